The van der Waals surface area contributed by atoms with Gasteiger partial charge in [-0.1, -0.05) is 12.1 Å². The Morgan fingerprint density at radius 1 is 1.25 bits per heavy atom. The van der Waals surface area contributed by atoms with Gasteiger partial charge in [0.2, 0.25) is 5.91 Å². The fourth-order valence-corrected chi connectivity index (χ4v) is 4.25. The Balaban J connectivity index is 1.88. The van der Waals surface area contributed by atoms with Gasteiger partial charge in [0, 0.05) is 6.42 Å². The number of alkyl halides is 2. The Bertz CT molecular complexity index is 724. The first-order chi connectivity index (χ1) is 11.3. The summed E-state index contributed by atoms with van der Waals surface area (Å²) in [5, 5.41) is 0. The SMILES string of the molecule is O=C(CC1CCS(=O)(=O)C1)NNC(=O)c1ccccc1OC(F)F. The number of hydrogen-bond acceptors (Lipinski definition) is 5. The molecule has 0 aliphatic carbocycles. The molecule has 0 bridgehead atoms. The van der Waals surface area contributed by atoms with E-state index in [4.69, 9.17) is 0 Å². The van der Waals surface area contributed by atoms with Crippen molar-refractivity contribution in [2.75, 3.05) is 11.5 Å². The largest absolute Gasteiger partial charge is 0.434 e. The van der Waals surface area contributed by atoms with Crippen LogP contribution < -0.4 is 15.6 Å². The smallest absolute Gasteiger partial charge is 0.387 e. The number of sulfone groups is 1. The lowest BCUT2D eigenvalue weighted by molar-refractivity contribution is -0.122. The average molecular weight is 362 g/mol. The van der Waals surface area contributed by atoms with Crippen molar-refractivity contribution in [2.24, 2.45) is 5.92 Å². The summed E-state index contributed by atoms with van der Waals surface area (Å²) in [5.41, 5.74) is 4.07. The van der Waals surface area contributed by atoms with Crippen molar-refractivity contribution in [3.63, 3.8) is 0 Å². The monoisotopic (exact) mass is 362 g/mol. The number of hydrogen-bond donors (Lipinski definition) is 2. The normalized spacial score (nSPS) is 19.0. The van der Waals surface area contributed by atoms with Crippen molar-refractivity contribution < 1.29 is 31.5 Å². The lowest BCUT2D eigenvalue weighted by Gasteiger charge is -2.12. The Hall–Kier alpha value is -2.23. The highest BCUT2D eigenvalue weighted by atomic mass is 32.2. The molecule has 2 N–H and O–H groups in total. The van der Waals surface area contributed by atoms with Gasteiger partial charge in [0.05, 0.1) is 17.1 Å². The van der Waals surface area contributed by atoms with Crippen LogP contribution in [0.15, 0.2) is 24.3 Å². The molecule has 24 heavy (non-hydrogen) atoms. The molecule has 2 rings (SSSR count). The van der Waals surface area contributed by atoms with E-state index in [1.54, 1.807) is 0 Å². The van der Waals surface area contributed by atoms with Crippen molar-refractivity contribution in [3.8, 4) is 5.75 Å². The highest BCUT2D eigenvalue weighted by molar-refractivity contribution is 7.91. The van der Waals surface area contributed by atoms with Crippen LogP contribution in [0.2, 0.25) is 0 Å². The summed E-state index contributed by atoms with van der Waals surface area (Å²) >= 11 is 0. The summed E-state index contributed by atoms with van der Waals surface area (Å²) in [5.74, 6) is -1.99. The van der Waals surface area contributed by atoms with E-state index in [-0.39, 0.29) is 35.2 Å². The molecule has 0 aromatic heterocycles. The molecule has 1 aliphatic heterocycles. The first kappa shape index (κ1) is 18.1. The van der Waals surface area contributed by atoms with Crippen molar-refractivity contribution >= 4 is 21.7 Å². The molecule has 132 valence electrons. The van der Waals surface area contributed by atoms with Gasteiger partial charge in [0.1, 0.15) is 5.75 Å². The number of hydrazine groups is 1. The maximum absolute atomic E-state index is 12.3. The second kappa shape index (κ2) is 7.56. The molecule has 10 heteroatoms. The van der Waals surface area contributed by atoms with Gasteiger partial charge >= 0.3 is 6.61 Å². The maximum Gasteiger partial charge on any atom is 0.387 e. The second-order valence-corrected chi connectivity index (χ2v) is 7.58. The number of ether oxygens (including phenoxy) is 1. The number of carbonyl (C=O) groups excluding carboxylic acids is 2. The van der Waals surface area contributed by atoms with Gasteiger partial charge in [0.25, 0.3) is 5.91 Å². The molecule has 1 atom stereocenters. The van der Waals surface area contributed by atoms with E-state index in [0.29, 0.717) is 6.42 Å². The van der Waals surface area contributed by atoms with E-state index in [1.165, 1.54) is 24.3 Å². The molecular weight excluding hydrogens is 346 g/mol. The number of amides is 2. The molecule has 1 heterocycles. The number of nitrogens with one attached hydrogen (secondary N) is 2. The Morgan fingerprint density at radius 2 is 1.96 bits per heavy atom. The van der Waals surface area contributed by atoms with E-state index in [9.17, 15) is 26.8 Å². The van der Waals surface area contributed by atoms with E-state index in [2.05, 4.69) is 15.6 Å². The third-order valence-electron chi connectivity index (χ3n) is 3.46. The molecule has 7 nitrogen and oxygen atoms in total. The second-order valence-electron chi connectivity index (χ2n) is 5.35. The predicted octanol–water partition coefficient (Wildman–Crippen LogP) is 0.874. The minimum atomic E-state index is -3.09. The van der Waals surface area contributed by atoms with Crippen LogP contribution in [0.5, 0.6) is 5.75 Å². The lowest BCUT2D eigenvalue weighted by Crippen LogP contribution is -2.42. The number of carbonyl (C=O) groups is 2. The molecular formula is C14H16F2N2O5S. The lowest BCUT2D eigenvalue weighted by atomic mass is 10.1. The maximum atomic E-state index is 12.3. The summed E-state index contributed by atoms with van der Waals surface area (Å²) in [6.07, 6.45) is 0.351. The molecule has 1 unspecified atom stereocenters. The number of para-hydroxylation sites is 1. The summed E-state index contributed by atoms with van der Waals surface area (Å²) in [6, 6.07) is 5.35. The van der Waals surface area contributed by atoms with Crippen LogP contribution in [-0.4, -0.2) is 38.3 Å². The fourth-order valence-electron chi connectivity index (χ4n) is 2.39. The topological polar surface area (TPSA) is 102 Å². The van der Waals surface area contributed by atoms with Gasteiger partial charge in [-0.05, 0) is 24.5 Å². The van der Waals surface area contributed by atoms with Gasteiger partial charge in [-0.2, -0.15) is 8.78 Å². The average Bonchev–Trinajstić information content (AvgIpc) is 2.83. The molecule has 0 radical (unpaired) electrons. The quantitative estimate of drug-likeness (QED) is 0.757. The van der Waals surface area contributed by atoms with Gasteiger partial charge in [0.15, 0.2) is 9.84 Å². The van der Waals surface area contributed by atoms with Crippen LogP contribution in [0, 0.1) is 5.92 Å². The summed E-state index contributed by atoms with van der Waals surface area (Å²) in [4.78, 5) is 23.7. The number of benzene rings is 1. The number of rotatable bonds is 5. The van der Waals surface area contributed by atoms with Gasteiger partial charge in [-0.3, -0.25) is 20.4 Å². The van der Waals surface area contributed by atoms with E-state index in [0.717, 1.165) is 0 Å². The Labute approximate surface area is 137 Å². The van der Waals surface area contributed by atoms with Gasteiger partial charge in [-0.25, -0.2) is 8.42 Å². The number of halogens is 2. The van der Waals surface area contributed by atoms with Crippen LogP contribution in [-0.2, 0) is 14.6 Å². The third-order valence-corrected chi connectivity index (χ3v) is 5.30. The summed E-state index contributed by atoms with van der Waals surface area (Å²) in [6.45, 7) is -3.09. The van der Waals surface area contributed by atoms with Crippen LogP contribution in [0.25, 0.3) is 0 Å². The van der Waals surface area contributed by atoms with Crippen LogP contribution >= 0.6 is 0 Å². The minimum absolute atomic E-state index is 0.0469. The first-order valence-electron chi connectivity index (χ1n) is 7.10. The fraction of sp³-hybridized carbons (Fsp3) is 0.429. The molecule has 1 saturated heterocycles. The molecule has 1 aromatic rings. The standard InChI is InChI=1S/C14H16F2N2O5S/c15-14(16)23-11-4-2-1-3-10(11)13(20)18-17-12(19)7-9-5-6-24(21,22)8-9/h1-4,9,14H,5-8H2,(H,17,19)(H,18,20). The van der Waals surface area contributed by atoms with Crippen LogP contribution in [0.1, 0.15) is 23.2 Å². The van der Waals surface area contributed by atoms with E-state index >= 15 is 0 Å². The third kappa shape index (κ3) is 5.15. The highest BCUT2D eigenvalue weighted by Gasteiger charge is 2.29. The van der Waals surface area contributed by atoms with Crippen molar-refractivity contribution in [1.29, 1.82) is 0 Å². The molecule has 0 spiro atoms. The summed E-state index contributed by atoms with van der Waals surface area (Å²) < 4.78 is 51.5. The molecule has 2 amide bonds. The van der Waals surface area contributed by atoms with Gasteiger partial charge < -0.3 is 4.74 Å². The van der Waals surface area contributed by atoms with Crippen molar-refractivity contribution in [3.05, 3.63) is 29.8 Å². The molecule has 1 aliphatic rings. The minimum Gasteiger partial charge on any atom is -0.434 e. The van der Waals surface area contributed by atoms with Crippen molar-refractivity contribution in [2.45, 2.75) is 19.5 Å². The Morgan fingerprint density at radius 3 is 2.58 bits per heavy atom. The predicted molar refractivity (Wildman–Crippen MR) is 80.1 cm³/mol. The molecule has 0 saturated carbocycles. The summed E-state index contributed by atoms with van der Waals surface area (Å²) in [7, 11) is -3.09. The zero-order chi connectivity index (χ0) is 17.7. The van der Waals surface area contributed by atoms with Gasteiger partial charge in [-0.15, -0.1) is 0 Å². The zero-order valence-corrected chi connectivity index (χ0v) is 13.3. The molecule has 1 fully saturated rings. The highest BCUT2D eigenvalue weighted by Crippen LogP contribution is 2.21. The van der Waals surface area contributed by atoms with Crippen molar-refractivity contribution in [1.82, 2.24) is 10.9 Å². The van der Waals surface area contributed by atoms with Crippen LogP contribution in [0.4, 0.5) is 8.78 Å². The first-order valence-corrected chi connectivity index (χ1v) is 8.92. The van der Waals surface area contributed by atoms with E-state index < -0.39 is 28.3 Å². The Kier molecular flexibility index (Phi) is 5.71. The van der Waals surface area contributed by atoms with E-state index in [1.807, 2.05) is 0 Å². The van der Waals surface area contributed by atoms with Crippen LogP contribution in [0.3, 0.4) is 0 Å². The molecule has 1 aromatic carbocycles. The zero-order valence-electron chi connectivity index (χ0n) is 12.5.